The van der Waals surface area contributed by atoms with Crippen LogP contribution in [0.2, 0.25) is 0 Å². The van der Waals surface area contributed by atoms with Gasteiger partial charge in [-0.1, -0.05) is 72.5 Å². The van der Waals surface area contributed by atoms with E-state index < -0.39 is 0 Å². The van der Waals surface area contributed by atoms with Crippen LogP contribution in [0.25, 0.3) is 0 Å². The zero-order valence-corrected chi connectivity index (χ0v) is 33.4. The standard InChI is InChI=1S/C24H26O4.C18H22O4.C6H6O/c1-3-7-20(16-23(25)26-2)19-10-12-22(13-11-19)28-18-24(14-15-24)17-27-21-8-5-4-6-9-21;1-3-4-15(11-17(20)21-2)14-5-7-16(8-6-14)22-13-18(12-19)9-10-18;7-6-4-2-1-3-5-6/h4-6,8-13,20H,14-18H2,1-2H3;5-8,15,19H,9-13H2,1-2H3;1-5,7H. The maximum atomic E-state index is 11.6. The van der Waals surface area contributed by atoms with Crippen molar-refractivity contribution in [3.63, 3.8) is 0 Å². The summed E-state index contributed by atoms with van der Waals surface area (Å²) in [6.45, 7) is 5.56. The lowest BCUT2D eigenvalue weighted by Gasteiger charge is -2.18. The summed E-state index contributed by atoms with van der Waals surface area (Å²) in [5, 5.41) is 17.9. The molecule has 0 aliphatic heterocycles. The van der Waals surface area contributed by atoms with E-state index in [9.17, 15) is 14.7 Å². The summed E-state index contributed by atoms with van der Waals surface area (Å²) >= 11 is 0. The number of carbonyl (C=O) groups is 2. The van der Waals surface area contributed by atoms with Crippen LogP contribution in [0, 0.1) is 34.5 Å². The number of phenols is 1. The number of aliphatic hydroxyl groups is 1. The third-order valence-electron chi connectivity index (χ3n) is 9.78. The monoisotopic (exact) mass is 774 g/mol. The number of hydrogen-bond donors (Lipinski definition) is 2. The molecule has 2 unspecified atom stereocenters. The lowest BCUT2D eigenvalue weighted by Crippen LogP contribution is -2.21. The maximum Gasteiger partial charge on any atom is 0.307 e. The predicted octanol–water partition coefficient (Wildman–Crippen LogP) is 8.49. The van der Waals surface area contributed by atoms with Gasteiger partial charge in [0.2, 0.25) is 0 Å². The van der Waals surface area contributed by atoms with E-state index in [0.29, 0.717) is 25.6 Å². The number of benzene rings is 4. The lowest BCUT2D eigenvalue weighted by atomic mass is 9.96. The molecule has 2 saturated carbocycles. The zero-order chi connectivity index (χ0) is 40.9. The summed E-state index contributed by atoms with van der Waals surface area (Å²) in [5.74, 6) is 13.8. The maximum absolute atomic E-state index is 11.6. The van der Waals surface area contributed by atoms with E-state index in [1.54, 1.807) is 38.1 Å². The van der Waals surface area contributed by atoms with Gasteiger partial charge >= 0.3 is 11.9 Å². The van der Waals surface area contributed by atoms with Crippen molar-refractivity contribution in [3.05, 3.63) is 120 Å². The molecule has 2 N–H and O–H groups in total. The first kappa shape index (κ1) is 43.8. The smallest absolute Gasteiger partial charge is 0.307 e. The number of aliphatic hydroxyl groups excluding tert-OH is 1. The lowest BCUT2D eigenvalue weighted by molar-refractivity contribution is -0.141. The number of ether oxygens (including phenoxy) is 5. The quantitative estimate of drug-likeness (QED) is 0.0853. The minimum atomic E-state index is -0.272. The van der Waals surface area contributed by atoms with Crippen molar-refractivity contribution in [1.82, 2.24) is 0 Å². The van der Waals surface area contributed by atoms with Crippen LogP contribution in [0.3, 0.4) is 0 Å². The molecule has 2 aliphatic carbocycles. The van der Waals surface area contributed by atoms with E-state index in [1.165, 1.54) is 14.2 Å². The SMILES string of the molecule is CC#CC(CC(=O)OC)c1ccc(OCC2(CO)CC2)cc1.CC#CC(CC(=O)OC)c1ccc(OCC2(COc3ccccc3)CC2)cc1.Oc1ccccc1. The number of methoxy groups -OCH3 is 2. The van der Waals surface area contributed by atoms with Crippen LogP contribution in [-0.4, -0.2) is 62.8 Å². The Bertz CT molecular complexity index is 1930. The Kier molecular flexibility index (Phi) is 17.4. The second-order valence-electron chi connectivity index (χ2n) is 14.3. The molecule has 2 aliphatic rings. The molecule has 9 heteroatoms. The van der Waals surface area contributed by atoms with Crippen molar-refractivity contribution in [2.24, 2.45) is 10.8 Å². The Labute approximate surface area is 337 Å². The molecule has 2 fully saturated rings. The number of rotatable bonds is 16. The molecule has 0 radical (unpaired) electrons. The van der Waals surface area contributed by atoms with Crippen molar-refractivity contribution in [3.8, 4) is 46.7 Å². The molecule has 4 aromatic rings. The topological polar surface area (TPSA) is 121 Å². The molecule has 0 spiro atoms. The third-order valence-corrected chi connectivity index (χ3v) is 9.78. The van der Waals surface area contributed by atoms with E-state index >= 15 is 0 Å². The first-order valence-electron chi connectivity index (χ1n) is 19.1. The molecule has 0 amide bonds. The van der Waals surface area contributed by atoms with Gasteiger partial charge in [0.05, 0.1) is 65.3 Å². The molecule has 57 heavy (non-hydrogen) atoms. The fourth-order valence-electron chi connectivity index (χ4n) is 5.63. The first-order valence-corrected chi connectivity index (χ1v) is 19.1. The fraction of sp³-hybridized carbons (Fsp3) is 0.375. The molecule has 300 valence electrons. The van der Waals surface area contributed by atoms with Crippen molar-refractivity contribution in [1.29, 1.82) is 0 Å². The second kappa shape index (κ2) is 22.6. The largest absolute Gasteiger partial charge is 0.508 e. The highest BCUT2D eigenvalue weighted by Gasteiger charge is 2.45. The molecule has 9 nitrogen and oxygen atoms in total. The first-order chi connectivity index (χ1) is 27.7. The van der Waals surface area contributed by atoms with Gasteiger partial charge in [0.25, 0.3) is 0 Å². The molecule has 4 aromatic carbocycles. The Balaban J connectivity index is 0.000000220. The van der Waals surface area contributed by atoms with Gasteiger partial charge in [-0.05, 0) is 99.2 Å². The van der Waals surface area contributed by atoms with Gasteiger partial charge in [0.15, 0.2) is 0 Å². The van der Waals surface area contributed by atoms with E-state index in [4.69, 9.17) is 28.8 Å². The predicted molar refractivity (Wildman–Crippen MR) is 220 cm³/mol. The molecule has 0 aromatic heterocycles. The summed E-state index contributed by atoms with van der Waals surface area (Å²) in [7, 11) is 2.77. The fourth-order valence-corrected chi connectivity index (χ4v) is 5.63. The van der Waals surface area contributed by atoms with Crippen LogP contribution in [0.1, 0.15) is 75.3 Å². The van der Waals surface area contributed by atoms with Gasteiger partial charge in [-0.25, -0.2) is 0 Å². The normalized spacial score (nSPS) is 14.6. The van der Waals surface area contributed by atoms with Gasteiger partial charge in [0.1, 0.15) is 23.0 Å². The highest BCUT2D eigenvalue weighted by Crippen LogP contribution is 2.46. The summed E-state index contributed by atoms with van der Waals surface area (Å²) < 4.78 is 27.1. The van der Waals surface area contributed by atoms with Crippen molar-refractivity contribution in [2.45, 2.75) is 64.2 Å². The molecule has 2 atom stereocenters. The van der Waals surface area contributed by atoms with E-state index in [1.807, 2.05) is 84.9 Å². The van der Waals surface area contributed by atoms with Gasteiger partial charge in [-0.15, -0.1) is 11.8 Å². The van der Waals surface area contributed by atoms with E-state index in [-0.39, 0.29) is 54.1 Å². The Morgan fingerprint density at radius 2 is 0.947 bits per heavy atom. The number of hydrogen-bond acceptors (Lipinski definition) is 9. The highest BCUT2D eigenvalue weighted by atomic mass is 16.5. The van der Waals surface area contributed by atoms with Crippen molar-refractivity contribution >= 4 is 11.9 Å². The molecule has 0 saturated heterocycles. The zero-order valence-electron chi connectivity index (χ0n) is 33.4. The Hall–Kier alpha value is -5.90. The number of aromatic hydroxyl groups is 1. The van der Waals surface area contributed by atoms with Crippen LogP contribution in [0.5, 0.6) is 23.0 Å². The van der Waals surface area contributed by atoms with E-state index in [0.717, 1.165) is 54.1 Å². The minimum absolute atomic E-state index is 0.0280. The van der Waals surface area contributed by atoms with Crippen LogP contribution < -0.4 is 14.2 Å². The molecular formula is C48H54O9. The minimum Gasteiger partial charge on any atom is -0.508 e. The molecular weight excluding hydrogens is 721 g/mol. The van der Waals surface area contributed by atoms with Gasteiger partial charge in [0, 0.05) is 10.8 Å². The van der Waals surface area contributed by atoms with Crippen LogP contribution in [0.4, 0.5) is 0 Å². The highest BCUT2D eigenvalue weighted by molar-refractivity contribution is 5.71. The number of para-hydroxylation sites is 2. The number of carbonyl (C=O) groups excluding carboxylic acids is 2. The Morgan fingerprint density at radius 1 is 0.579 bits per heavy atom. The molecule has 0 bridgehead atoms. The molecule has 6 rings (SSSR count). The van der Waals surface area contributed by atoms with Gasteiger partial charge < -0.3 is 33.9 Å². The van der Waals surface area contributed by atoms with Gasteiger partial charge in [-0.3, -0.25) is 9.59 Å². The van der Waals surface area contributed by atoms with Crippen molar-refractivity contribution in [2.75, 3.05) is 40.6 Å². The summed E-state index contributed by atoms with van der Waals surface area (Å²) in [4.78, 5) is 23.0. The summed E-state index contributed by atoms with van der Waals surface area (Å²) in [6, 6.07) is 34.0. The van der Waals surface area contributed by atoms with E-state index in [2.05, 4.69) is 23.7 Å². The average molecular weight is 775 g/mol. The van der Waals surface area contributed by atoms with Gasteiger partial charge in [-0.2, -0.15) is 0 Å². The molecule has 0 heterocycles. The van der Waals surface area contributed by atoms with Crippen LogP contribution in [0.15, 0.2) is 109 Å². The number of phenolic OH excluding ortho intramolecular Hbond substituents is 1. The van der Waals surface area contributed by atoms with Crippen LogP contribution in [-0.2, 0) is 19.1 Å². The van der Waals surface area contributed by atoms with Crippen molar-refractivity contribution < 1.29 is 43.5 Å². The summed E-state index contributed by atoms with van der Waals surface area (Å²) in [6.07, 6.45) is 4.77. The van der Waals surface area contributed by atoms with Crippen LogP contribution >= 0.6 is 0 Å². The Morgan fingerprint density at radius 3 is 1.26 bits per heavy atom. The summed E-state index contributed by atoms with van der Waals surface area (Å²) in [5.41, 5.74) is 2.03. The number of esters is 2. The third kappa shape index (κ3) is 15.3. The average Bonchev–Trinajstić information content (AvgIpc) is 4.20. The second-order valence-corrected chi connectivity index (χ2v) is 14.3.